The number of amides is 7. The van der Waals surface area contributed by atoms with Crippen LogP contribution in [0.5, 0.6) is 0 Å². The van der Waals surface area contributed by atoms with Gasteiger partial charge in [-0.1, -0.05) is 34.6 Å². The van der Waals surface area contributed by atoms with Gasteiger partial charge in [0.1, 0.15) is 0 Å². The lowest BCUT2D eigenvalue weighted by atomic mass is 9.56. The van der Waals surface area contributed by atoms with Crippen molar-refractivity contribution >= 4 is 49.2 Å². The van der Waals surface area contributed by atoms with Gasteiger partial charge >= 0.3 is 7.82 Å². The van der Waals surface area contributed by atoms with Crippen LogP contribution in [0.3, 0.4) is 0 Å². The first-order valence-corrected chi connectivity index (χ1v) is 26.1. The molecule has 23 heteroatoms. The zero-order valence-corrected chi connectivity index (χ0v) is 43.6. The third kappa shape index (κ3) is 11.5. The highest BCUT2D eigenvalue weighted by Crippen LogP contribution is 2.62. The van der Waals surface area contributed by atoms with Crippen molar-refractivity contribution < 1.29 is 52.4 Å². The van der Waals surface area contributed by atoms with Gasteiger partial charge in [-0.3, -0.25) is 38.1 Å². The smallest absolute Gasteiger partial charge is 0.381 e. The van der Waals surface area contributed by atoms with E-state index in [0.29, 0.717) is 17.8 Å². The highest BCUT2D eigenvalue weighted by atomic mass is 31.2. The standard InChI is InChI=1S/C48H80N11O11P/c1-23(70-71(67,68)69)22-55-38(66)16-17-45(6)29(18-35(52)63)43-48(9)47(8,21-37(54)65)28(12-15-34(51)62)40(59-48)25(3)42-46(7,20-36(53)64)26(10-13-32(49)60)30(56-42)19-31-44(4,5)27(11-14-33(50)61)39(57-31)24(2)41(45)58-43/h19,23,26-29,31,40-41,43,56-59H,10-18,20-22H2,1-9H3,(H2,49,60)(H2,50,61)(H2,51,62)(H2,52,63)(H2,53,64)(H2,54,65)(H,55,66)(H2,67,68,69)/b30-19-,39-24-,42-25-/t23-,26-,27-,28-,29+,31?,40?,41?,43-,45-,46+,47+,48+/m1/s1. The lowest BCUT2D eigenvalue weighted by Crippen LogP contribution is -2.64. The summed E-state index contributed by atoms with van der Waals surface area (Å²) in [6.07, 6.45) is 1.35. The van der Waals surface area contributed by atoms with Gasteiger partial charge in [0.05, 0.1) is 12.1 Å². The Bertz CT molecular complexity index is 2320. The Hall–Kier alpha value is -4.86. The third-order valence-corrected chi connectivity index (χ3v) is 18.1. The molecule has 0 saturated carbocycles. The van der Waals surface area contributed by atoms with Gasteiger partial charge < -0.3 is 70.8 Å². The van der Waals surface area contributed by atoms with Crippen LogP contribution in [0.1, 0.15) is 133 Å². The summed E-state index contributed by atoms with van der Waals surface area (Å²) in [4.78, 5) is 111. The minimum Gasteiger partial charge on any atom is -0.381 e. The van der Waals surface area contributed by atoms with Crippen LogP contribution >= 0.6 is 7.82 Å². The van der Waals surface area contributed by atoms with Gasteiger partial charge in [-0.05, 0) is 93.3 Å². The molecule has 5 aliphatic heterocycles. The highest BCUT2D eigenvalue weighted by Gasteiger charge is 2.68. The summed E-state index contributed by atoms with van der Waals surface area (Å²) < 4.78 is 16.3. The molecule has 4 saturated heterocycles. The Morgan fingerprint density at radius 3 is 1.86 bits per heavy atom. The second kappa shape index (κ2) is 20.9. The number of carbonyl (C=O) groups is 7. The molecular formula is C48H80N11O11P. The largest absolute Gasteiger partial charge is 0.469 e. The maximum absolute atomic E-state index is 13.8. The van der Waals surface area contributed by atoms with E-state index in [0.717, 1.165) is 16.8 Å². The molecule has 22 nitrogen and oxygen atoms in total. The molecule has 5 aliphatic rings. The van der Waals surface area contributed by atoms with Gasteiger partial charge in [-0.25, -0.2) is 4.57 Å². The molecule has 0 aliphatic carbocycles. The molecule has 7 amide bonds. The fraction of sp³-hybridized carbons (Fsp3) is 0.729. The second-order valence-corrected chi connectivity index (χ2v) is 23.8. The average molecular weight is 1020 g/mol. The van der Waals surface area contributed by atoms with Crippen LogP contribution in [-0.4, -0.2) is 93.5 Å². The summed E-state index contributed by atoms with van der Waals surface area (Å²) >= 11 is 0. The Morgan fingerprint density at radius 2 is 1.32 bits per heavy atom. The molecule has 0 aromatic rings. The molecule has 398 valence electrons. The number of nitrogens with one attached hydrogen (secondary N) is 5. The number of fused-ring (bicyclic) bond motifs is 9. The van der Waals surface area contributed by atoms with E-state index in [2.05, 4.69) is 46.5 Å². The minimum atomic E-state index is -4.84. The molecular weight excluding hydrogens is 938 g/mol. The molecule has 4 fully saturated rings. The van der Waals surface area contributed by atoms with E-state index in [1.165, 1.54) is 6.92 Å². The number of hydrogen-bond donors (Lipinski definition) is 13. The molecule has 3 unspecified atom stereocenters. The first-order chi connectivity index (χ1) is 32.6. The highest BCUT2D eigenvalue weighted by molar-refractivity contribution is 7.46. The SMILES string of the molecule is C/C1=C2/N/C(=C\C3N/C(=C(/C)C4N[C@H]([C@H](CC(N)=O)[C@@]4(C)CCC(=O)NC[C@@H](C)OP(=O)(O)O)[C@]4(C)NC1[C@@H](CCC(N)=O)[C@]4(C)CC(N)=O)[C@@H](CCC(N)=O)C3(C)C)[C@@H](CCC(N)=O)[C@]2(C)CC(N)=O. The molecule has 0 radical (unpaired) electrons. The number of phosphoric acid groups is 1. The molecule has 0 spiro atoms. The van der Waals surface area contributed by atoms with E-state index >= 15 is 0 Å². The summed E-state index contributed by atoms with van der Waals surface area (Å²) in [5.74, 6) is -5.95. The maximum atomic E-state index is 13.8. The van der Waals surface area contributed by atoms with Crippen LogP contribution in [0.2, 0.25) is 0 Å². The predicted octanol–water partition coefficient (Wildman–Crippen LogP) is 0.405. The van der Waals surface area contributed by atoms with Crippen molar-refractivity contribution in [3.8, 4) is 0 Å². The van der Waals surface area contributed by atoms with Crippen LogP contribution in [0.25, 0.3) is 0 Å². The number of rotatable bonds is 22. The van der Waals surface area contributed by atoms with Gasteiger partial charge in [0.25, 0.3) is 0 Å². The van der Waals surface area contributed by atoms with Crippen molar-refractivity contribution in [2.45, 2.75) is 169 Å². The first-order valence-electron chi connectivity index (χ1n) is 24.5. The van der Waals surface area contributed by atoms with Crippen LogP contribution in [0, 0.1) is 45.3 Å². The molecule has 0 aromatic carbocycles. The Labute approximate surface area is 416 Å². The molecule has 71 heavy (non-hydrogen) atoms. The van der Waals surface area contributed by atoms with Crippen molar-refractivity contribution in [3.05, 3.63) is 34.3 Å². The summed E-state index contributed by atoms with van der Waals surface area (Å²) in [5.41, 5.74) is 34.7. The maximum Gasteiger partial charge on any atom is 0.469 e. The fourth-order valence-corrected chi connectivity index (χ4v) is 14.3. The van der Waals surface area contributed by atoms with E-state index in [4.69, 9.17) is 38.9 Å². The molecule has 5 heterocycles. The summed E-state index contributed by atoms with van der Waals surface area (Å²) in [5, 5.41) is 18.2. The summed E-state index contributed by atoms with van der Waals surface area (Å²) in [6, 6.07) is -2.43. The lowest BCUT2D eigenvalue weighted by molar-refractivity contribution is -0.124. The normalized spacial score (nSPS) is 37.4. The minimum absolute atomic E-state index is 0.0118. The van der Waals surface area contributed by atoms with Crippen LogP contribution in [0.4, 0.5) is 0 Å². The predicted molar refractivity (Wildman–Crippen MR) is 263 cm³/mol. The average Bonchev–Trinajstić information content (AvgIpc) is 3.83. The van der Waals surface area contributed by atoms with Gasteiger partial charge in [-0.2, -0.15) is 0 Å². The number of carbonyl (C=O) groups excluding carboxylic acids is 7. The van der Waals surface area contributed by atoms with Gasteiger partial charge in [0.2, 0.25) is 41.4 Å². The zero-order chi connectivity index (χ0) is 53.6. The van der Waals surface area contributed by atoms with Crippen molar-refractivity contribution in [1.82, 2.24) is 26.6 Å². The van der Waals surface area contributed by atoms with E-state index < -0.39 is 124 Å². The number of hydrogen-bond acceptors (Lipinski definition) is 13. The van der Waals surface area contributed by atoms with Crippen molar-refractivity contribution in [1.29, 1.82) is 0 Å². The zero-order valence-electron chi connectivity index (χ0n) is 42.7. The van der Waals surface area contributed by atoms with Crippen molar-refractivity contribution in [2.24, 2.45) is 79.7 Å². The van der Waals surface area contributed by atoms with E-state index in [1.807, 2.05) is 41.5 Å². The first kappa shape index (κ1) is 57.0. The van der Waals surface area contributed by atoms with Crippen LogP contribution in [0.15, 0.2) is 34.3 Å². The van der Waals surface area contributed by atoms with Gasteiger partial charge in [-0.15, -0.1) is 0 Å². The lowest BCUT2D eigenvalue weighted by Gasteiger charge is -2.49. The second-order valence-electron chi connectivity index (χ2n) is 22.6. The molecule has 5 rings (SSSR count). The van der Waals surface area contributed by atoms with Gasteiger partial charge in [0.15, 0.2) is 0 Å². The quantitative estimate of drug-likeness (QED) is 0.0653. The Balaban J connectivity index is 1.89. The third-order valence-electron chi connectivity index (χ3n) is 17.5. The topological polar surface area (TPSA) is 403 Å². The Kier molecular flexibility index (Phi) is 16.8. The molecule has 8 bridgehead atoms. The van der Waals surface area contributed by atoms with Crippen molar-refractivity contribution in [2.75, 3.05) is 6.54 Å². The number of primary amides is 6. The number of nitrogens with two attached hydrogens (primary N) is 6. The van der Waals surface area contributed by atoms with Crippen LogP contribution < -0.4 is 61.0 Å². The number of allylic oxidation sites excluding steroid dienone is 3. The van der Waals surface area contributed by atoms with Crippen molar-refractivity contribution in [3.63, 3.8) is 0 Å². The monoisotopic (exact) mass is 1020 g/mol. The van der Waals surface area contributed by atoms with Crippen LogP contribution in [-0.2, 0) is 42.7 Å². The van der Waals surface area contributed by atoms with Gasteiger partial charge in [0, 0.05) is 115 Å². The molecule has 19 N–H and O–H groups in total. The number of phosphoric ester groups is 1. The fourth-order valence-electron chi connectivity index (χ4n) is 13.7. The Morgan fingerprint density at radius 1 is 0.761 bits per heavy atom. The summed E-state index contributed by atoms with van der Waals surface area (Å²) in [7, 11) is -4.84. The van der Waals surface area contributed by atoms with E-state index in [1.54, 1.807) is 0 Å². The molecule has 0 aromatic heterocycles. The van der Waals surface area contributed by atoms with E-state index in [-0.39, 0.29) is 76.7 Å². The summed E-state index contributed by atoms with van der Waals surface area (Å²) in [6.45, 7) is 17.1. The van der Waals surface area contributed by atoms with E-state index in [9.17, 15) is 47.9 Å². The molecule has 13 atom stereocenters.